The van der Waals surface area contributed by atoms with Gasteiger partial charge in [0.2, 0.25) is 0 Å². The van der Waals surface area contributed by atoms with Crippen LogP contribution in [-0.2, 0) is 12.8 Å². The van der Waals surface area contributed by atoms with Crippen LogP contribution in [0.2, 0.25) is 0 Å². The number of hydrogen-bond acceptors (Lipinski definition) is 3. The quantitative estimate of drug-likeness (QED) is 0.767. The number of anilines is 1. The van der Waals surface area contributed by atoms with Crippen LogP contribution in [-0.4, -0.2) is 25.5 Å². The molecule has 0 radical (unpaired) electrons. The standard InChI is InChI=1S/C19H21N3O.2ClH/c23-19(15-5-6-17-14(11-15)8-10-20-17)22-12-18-16-4-2-1-3-13(16)7-9-21-18;;/h1-6,11,18,20-21H,7-10,12H2,(H,22,23);2*1H. The van der Waals surface area contributed by atoms with Gasteiger partial charge in [0.25, 0.3) is 5.91 Å². The highest BCUT2D eigenvalue weighted by Gasteiger charge is 2.20. The zero-order chi connectivity index (χ0) is 15.6. The number of benzene rings is 2. The molecule has 2 aromatic carbocycles. The van der Waals surface area contributed by atoms with Gasteiger partial charge in [0.1, 0.15) is 0 Å². The predicted molar refractivity (Wildman–Crippen MR) is 106 cm³/mol. The van der Waals surface area contributed by atoms with Crippen molar-refractivity contribution in [1.82, 2.24) is 10.6 Å². The number of halogens is 2. The van der Waals surface area contributed by atoms with E-state index in [0.29, 0.717) is 6.54 Å². The Morgan fingerprint density at radius 1 is 1.04 bits per heavy atom. The second-order valence-corrected chi connectivity index (χ2v) is 6.21. The maximum atomic E-state index is 12.4. The summed E-state index contributed by atoms with van der Waals surface area (Å²) < 4.78 is 0. The molecule has 134 valence electrons. The number of amides is 1. The zero-order valence-corrected chi connectivity index (χ0v) is 15.5. The summed E-state index contributed by atoms with van der Waals surface area (Å²) in [6.07, 6.45) is 2.05. The van der Waals surface area contributed by atoms with E-state index in [1.807, 2.05) is 18.2 Å². The Hall–Kier alpha value is -1.75. The summed E-state index contributed by atoms with van der Waals surface area (Å²) >= 11 is 0. The van der Waals surface area contributed by atoms with Crippen molar-refractivity contribution >= 4 is 36.4 Å². The van der Waals surface area contributed by atoms with E-state index in [0.717, 1.165) is 37.2 Å². The van der Waals surface area contributed by atoms with Crippen molar-refractivity contribution in [3.05, 3.63) is 64.7 Å². The van der Waals surface area contributed by atoms with E-state index in [9.17, 15) is 4.79 Å². The molecule has 0 aromatic heterocycles. The minimum absolute atomic E-state index is 0. The van der Waals surface area contributed by atoms with Gasteiger partial charge in [-0.15, -0.1) is 24.8 Å². The lowest BCUT2D eigenvalue weighted by Crippen LogP contribution is -2.38. The summed E-state index contributed by atoms with van der Waals surface area (Å²) in [5, 5.41) is 9.90. The summed E-state index contributed by atoms with van der Waals surface area (Å²) in [6, 6.07) is 14.6. The fourth-order valence-electron chi connectivity index (χ4n) is 3.52. The minimum Gasteiger partial charge on any atom is -0.384 e. The van der Waals surface area contributed by atoms with E-state index in [4.69, 9.17) is 0 Å². The van der Waals surface area contributed by atoms with Gasteiger partial charge >= 0.3 is 0 Å². The Labute approximate surface area is 160 Å². The fraction of sp³-hybridized carbons (Fsp3) is 0.316. The highest BCUT2D eigenvalue weighted by atomic mass is 35.5. The molecule has 0 aliphatic carbocycles. The molecule has 1 unspecified atom stereocenters. The van der Waals surface area contributed by atoms with Gasteiger partial charge in [-0.05, 0) is 54.3 Å². The molecule has 1 atom stereocenters. The molecule has 1 amide bonds. The molecule has 0 saturated heterocycles. The van der Waals surface area contributed by atoms with Crippen LogP contribution < -0.4 is 16.0 Å². The Balaban J connectivity index is 0.00000113. The molecular formula is C19H23Cl2N3O. The van der Waals surface area contributed by atoms with Crippen molar-refractivity contribution in [1.29, 1.82) is 0 Å². The van der Waals surface area contributed by atoms with Crippen molar-refractivity contribution < 1.29 is 4.79 Å². The van der Waals surface area contributed by atoms with Crippen molar-refractivity contribution in [2.75, 3.05) is 25.0 Å². The monoisotopic (exact) mass is 379 g/mol. The second kappa shape index (κ2) is 8.56. The van der Waals surface area contributed by atoms with Gasteiger partial charge in [0, 0.05) is 30.4 Å². The van der Waals surface area contributed by atoms with Gasteiger partial charge in [0.05, 0.1) is 0 Å². The van der Waals surface area contributed by atoms with E-state index in [1.54, 1.807) is 0 Å². The molecule has 4 nitrogen and oxygen atoms in total. The Morgan fingerprint density at radius 2 is 1.84 bits per heavy atom. The van der Waals surface area contributed by atoms with Crippen molar-refractivity contribution in [2.24, 2.45) is 0 Å². The van der Waals surface area contributed by atoms with Crippen LogP contribution in [0.25, 0.3) is 0 Å². The largest absolute Gasteiger partial charge is 0.384 e. The molecular weight excluding hydrogens is 357 g/mol. The third-order valence-corrected chi connectivity index (χ3v) is 4.76. The first kappa shape index (κ1) is 19.6. The molecule has 2 aromatic rings. The van der Waals surface area contributed by atoms with Crippen molar-refractivity contribution in [3.8, 4) is 0 Å². The van der Waals surface area contributed by atoms with Crippen molar-refractivity contribution in [3.63, 3.8) is 0 Å². The fourth-order valence-corrected chi connectivity index (χ4v) is 3.52. The normalized spacial score (nSPS) is 17.2. The number of nitrogens with one attached hydrogen (secondary N) is 3. The Kier molecular flexibility index (Phi) is 6.71. The first-order valence-corrected chi connectivity index (χ1v) is 8.27. The predicted octanol–water partition coefficient (Wildman–Crippen LogP) is 3.12. The van der Waals surface area contributed by atoms with E-state index in [1.165, 1.54) is 16.7 Å². The van der Waals surface area contributed by atoms with Gasteiger partial charge in [-0.3, -0.25) is 4.79 Å². The Morgan fingerprint density at radius 3 is 2.72 bits per heavy atom. The van der Waals surface area contributed by atoms with Gasteiger partial charge in [-0.1, -0.05) is 24.3 Å². The lowest BCUT2D eigenvalue weighted by Gasteiger charge is -2.27. The van der Waals surface area contributed by atoms with Gasteiger partial charge < -0.3 is 16.0 Å². The van der Waals surface area contributed by atoms with Gasteiger partial charge in [-0.2, -0.15) is 0 Å². The van der Waals surface area contributed by atoms with Crippen LogP contribution >= 0.6 is 24.8 Å². The van der Waals surface area contributed by atoms with Gasteiger partial charge in [-0.25, -0.2) is 0 Å². The van der Waals surface area contributed by atoms with E-state index >= 15 is 0 Å². The topological polar surface area (TPSA) is 53.2 Å². The molecule has 0 spiro atoms. The average molecular weight is 380 g/mol. The highest BCUT2D eigenvalue weighted by Crippen LogP contribution is 2.24. The molecule has 0 fully saturated rings. The third-order valence-electron chi connectivity index (χ3n) is 4.76. The van der Waals surface area contributed by atoms with E-state index < -0.39 is 0 Å². The number of hydrogen-bond donors (Lipinski definition) is 3. The first-order valence-electron chi connectivity index (χ1n) is 8.27. The Bertz CT molecular complexity index is 751. The van der Waals surface area contributed by atoms with Gasteiger partial charge in [0.15, 0.2) is 0 Å². The van der Waals surface area contributed by atoms with Crippen LogP contribution in [0.3, 0.4) is 0 Å². The summed E-state index contributed by atoms with van der Waals surface area (Å²) in [7, 11) is 0. The molecule has 25 heavy (non-hydrogen) atoms. The summed E-state index contributed by atoms with van der Waals surface area (Å²) in [5.74, 6) is 0.00422. The minimum atomic E-state index is 0. The molecule has 3 N–H and O–H groups in total. The average Bonchev–Trinajstić information content (AvgIpc) is 3.07. The third kappa shape index (κ3) is 4.09. The van der Waals surface area contributed by atoms with Crippen LogP contribution in [0.1, 0.15) is 33.1 Å². The van der Waals surface area contributed by atoms with Crippen LogP contribution in [0.4, 0.5) is 5.69 Å². The molecule has 0 saturated carbocycles. The molecule has 2 heterocycles. The lowest BCUT2D eigenvalue weighted by molar-refractivity contribution is 0.0949. The molecule has 0 bridgehead atoms. The smallest absolute Gasteiger partial charge is 0.251 e. The van der Waals surface area contributed by atoms with Crippen LogP contribution in [0.15, 0.2) is 42.5 Å². The maximum absolute atomic E-state index is 12.4. The first-order chi connectivity index (χ1) is 11.3. The molecule has 2 aliphatic heterocycles. The maximum Gasteiger partial charge on any atom is 0.251 e. The second-order valence-electron chi connectivity index (χ2n) is 6.21. The highest BCUT2D eigenvalue weighted by molar-refractivity contribution is 5.95. The van der Waals surface area contributed by atoms with Crippen LogP contribution in [0, 0.1) is 0 Å². The molecule has 2 aliphatic rings. The zero-order valence-electron chi connectivity index (χ0n) is 13.9. The van der Waals surface area contributed by atoms with Crippen LogP contribution in [0.5, 0.6) is 0 Å². The number of carbonyl (C=O) groups is 1. The molecule has 4 rings (SSSR count). The van der Waals surface area contributed by atoms with Crippen molar-refractivity contribution in [2.45, 2.75) is 18.9 Å². The summed E-state index contributed by atoms with van der Waals surface area (Å²) in [6.45, 7) is 2.54. The summed E-state index contributed by atoms with van der Waals surface area (Å²) in [4.78, 5) is 12.4. The summed E-state index contributed by atoms with van der Waals surface area (Å²) in [5.41, 5.74) is 5.83. The number of rotatable bonds is 3. The number of carbonyl (C=O) groups excluding carboxylic acids is 1. The SMILES string of the molecule is Cl.Cl.O=C(NCC1NCCc2ccccc21)c1ccc2c(c1)CCN2. The molecule has 6 heteroatoms. The van der Waals surface area contributed by atoms with E-state index in [2.05, 4.69) is 40.2 Å². The van der Waals surface area contributed by atoms with E-state index in [-0.39, 0.29) is 36.8 Å². The lowest BCUT2D eigenvalue weighted by atomic mass is 9.94. The number of fused-ring (bicyclic) bond motifs is 2.